The Kier molecular flexibility index (Phi) is 5.40. The van der Waals surface area contributed by atoms with Gasteiger partial charge in [0.25, 0.3) is 0 Å². The molecule has 0 saturated carbocycles. The first-order valence-electron chi connectivity index (χ1n) is 7.09. The van der Waals surface area contributed by atoms with E-state index in [0.717, 1.165) is 23.9 Å². The summed E-state index contributed by atoms with van der Waals surface area (Å²) in [7, 11) is 0. The number of amides is 2. The van der Waals surface area contributed by atoms with Crippen LogP contribution in [0.4, 0.5) is 23.7 Å². The molecule has 2 amide bonds. The van der Waals surface area contributed by atoms with E-state index in [1.807, 2.05) is 19.1 Å². The summed E-state index contributed by atoms with van der Waals surface area (Å²) in [6.45, 7) is 1.80. The molecule has 1 heterocycles. The second-order valence-corrected chi connectivity index (χ2v) is 5.14. The van der Waals surface area contributed by atoms with Crippen LogP contribution >= 0.6 is 0 Å². The summed E-state index contributed by atoms with van der Waals surface area (Å²) >= 11 is 0. The van der Waals surface area contributed by atoms with Gasteiger partial charge in [0.1, 0.15) is 5.69 Å². The van der Waals surface area contributed by atoms with Gasteiger partial charge in [-0.3, -0.25) is 0 Å². The standard InChI is InChI=1S/C16H16F3N3O2/c1-10-4-2-3-5-12(10)13(23)9-21-15(24)22-11-6-7-14(20-8-11)16(17,18)19/h2-8,13,23H,9H2,1H3,(H2,21,22,24). The fraction of sp³-hybridized carbons (Fsp3) is 0.250. The molecule has 1 unspecified atom stereocenters. The summed E-state index contributed by atoms with van der Waals surface area (Å²) < 4.78 is 37.2. The lowest BCUT2D eigenvalue weighted by molar-refractivity contribution is -0.141. The van der Waals surface area contributed by atoms with Gasteiger partial charge in [-0.05, 0) is 30.2 Å². The number of hydrogen-bond donors (Lipinski definition) is 3. The molecule has 2 aromatic rings. The minimum atomic E-state index is -4.53. The van der Waals surface area contributed by atoms with Crippen LogP contribution in [0.3, 0.4) is 0 Å². The first kappa shape index (κ1) is 17.7. The molecule has 0 saturated heterocycles. The predicted octanol–water partition coefficient (Wildman–Crippen LogP) is 3.26. The lowest BCUT2D eigenvalue weighted by Gasteiger charge is -2.15. The normalized spacial score (nSPS) is 12.5. The Balaban J connectivity index is 1.88. The number of urea groups is 1. The van der Waals surface area contributed by atoms with Crippen LogP contribution in [-0.2, 0) is 6.18 Å². The number of carbonyl (C=O) groups excluding carboxylic acids is 1. The number of halogens is 3. The third-order valence-electron chi connectivity index (χ3n) is 3.32. The van der Waals surface area contributed by atoms with E-state index in [1.54, 1.807) is 12.1 Å². The van der Waals surface area contributed by atoms with Gasteiger partial charge in [0.05, 0.1) is 18.0 Å². The highest BCUT2D eigenvalue weighted by atomic mass is 19.4. The van der Waals surface area contributed by atoms with Gasteiger partial charge < -0.3 is 15.7 Å². The molecular weight excluding hydrogens is 323 g/mol. The number of rotatable bonds is 4. The van der Waals surface area contributed by atoms with Crippen molar-refractivity contribution in [3.05, 3.63) is 59.4 Å². The van der Waals surface area contributed by atoms with Crippen LogP contribution < -0.4 is 10.6 Å². The summed E-state index contributed by atoms with van der Waals surface area (Å²) in [6, 6.07) is 8.43. The number of anilines is 1. The maximum atomic E-state index is 12.4. The van der Waals surface area contributed by atoms with E-state index in [4.69, 9.17) is 0 Å². The first-order valence-corrected chi connectivity index (χ1v) is 7.09. The van der Waals surface area contributed by atoms with Crippen molar-refractivity contribution in [2.45, 2.75) is 19.2 Å². The van der Waals surface area contributed by atoms with E-state index in [9.17, 15) is 23.1 Å². The van der Waals surface area contributed by atoms with Crippen LogP contribution in [0.25, 0.3) is 0 Å². The van der Waals surface area contributed by atoms with Gasteiger partial charge in [-0.25, -0.2) is 9.78 Å². The van der Waals surface area contributed by atoms with E-state index in [1.165, 1.54) is 0 Å². The highest BCUT2D eigenvalue weighted by Gasteiger charge is 2.32. The third kappa shape index (κ3) is 4.69. The fourth-order valence-corrected chi connectivity index (χ4v) is 2.07. The average Bonchev–Trinajstić information content (AvgIpc) is 2.53. The van der Waals surface area contributed by atoms with Crippen LogP contribution in [0.1, 0.15) is 22.9 Å². The lowest BCUT2D eigenvalue weighted by Crippen LogP contribution is -2.32. The molecular formula is C16H16F3N3O2. The molecule has 0 aliphatic rings. The van der Waals surface area contributed by atoms with Crippen molar-refractivity contribution in [3.63, 3.8) is 0 Å². The highest BCUT2D eigenvalue weighted by Crippen LogP contribution is 2.27. The van der Waals surface area contributed by atoms with Crippen molar-refractivity contribution in [2.24, 2.45) is 0 Å². The number of nitrogens with zero attached hydrogens (tertiary/aromatic N) is 1. The molecule has 1 atom stereocenters. The molecule has 0 aliphatic heterocycles. The zero-order valence-corrected chi connectivity index (χ0v) is 12.8. The molecule has 2 rings (SSSR count). The van der Waals surface area contributed by atoms with Crippen molar-refractivity contribution >= 4 is 11.7 Å². The Morgan fingerprint density at radius 1 is 1.25 bits per heavy atom. The third-order valence-corrected chi connectivity index (χ3v) is 3.32. The molecule has 0 bridgehead atoms. The van der Waals surface area contributed by atoms with Gasteiger partial charge in [-0.1, -0.05) is 24.3 Å². The van der Waals surface area contributed by atoms with Crippen molar-refractivity contribution < 1.29 is 23.1 Å². The number of pyridine rings is 1. The van der Waals surface area contributed by atoms with Gasteiger partial charge in [-0.2, -0.15) is 13.2 Å². The number of nitrogens with one attached hydrogen (secondary N) is 2. The van der Waals surface area contributed by atoms with Gasteiger partial charge in [0, 0.05) is 6.54 Å². The minimum absolute atomic E-state index is 0.0370. The van der Waals surface area contributed by atoms with E-state index >= 15 is 0 Å². The monoisotopic (exact) mass is 339 g/mol. The Morgan fingerprint density at radius 2 is 1.96 bits per heavy atom. The number of hydrogen-bond acceptors (Lipinski definition) is 3. The predicted molar refractivity (Wildman–Crippen MR) is 82.4 cm³/mol. The molecule has 3 N–H and O–H groups in total. The van der Waals surface area contributed by atoms with Crippen molar-refractivity contribution in [1.29, 1.82) is 0 Å². The quantitative estimate of drug-likeness (QED) is 0.800. The maximum Gasteiger partial charge on any atom is 0.433 e. The molecule has 24 heavy (non-hydrogen) atoms. The molecule has 0 spiro atoms. The highest BCUT2D eigenvalue weighted by molar-refractivity contribution is 5.89. The molecule has 0 aliphatic carbocycles. The number of benzene rings is 1. The molecule has 1 aromatic heterocycles. The van der Waals surface area contributed by atoms with E-state index in [0.29, 0.717) is 5.56 Å². The minimum Gasteiger partial charge on any atom is -0.387 e. The Morgan fingerprint density at radius 3 is 2.54 bits per heavy atom. The lowest BCUT2D eigenvalue weighted by atomic mass is 10.0. The molecule has 8 heteroatoms. The van der Waals surface area contributed by atoms with E-state index in [2.05, 4.69) is 15.6 Å². The van der Waals surface area contributed by atoms with Crippen molar-refractivity contribution in [1.82, 2.24) is 10.3 Å². The van der Waals surface area contributed by atoms with Crippen LogP contribution in [0.2, 0.25) is 0 Å². The van der Waals surface area contributed by atoms with Crippen molar-refractivity contribution in [2.75, 3.05) is 11.9 Å². The first-order chi connectivity index (χ1) is 11.3. The zero-order chi connectivity index (χ0) is 17.7. The molecule has 0 radical (unpaired) electrons. The van der Waals surface area contributed by atoms with E-state index < -0.39 is 24.0 Å². The summed E-state index contributed by atoms with van der Waals surface area (Å²) in [5.41, 5.74) is 0.655. The molecule has 5 nitrogen and oxygen atoms in total. The fourth-order valence-electron chi connectivity index (χ4n) is 2.07. The number of aliphatic hydroxyl groups excluding tert-OH is 1. The Labute approximate surface area is 136 Å². The summed E-state index contributed by atoms with van der Waals surface area (Å²) in [5.74, 6) is 0. The average molecular weight is 339 g/mol. The van der Waals surface area contributed by atoms with E-state index in [-0.39, 0.29) is 12.2 Å². The largest absolute Gasteiger partial charge is 0.433 e. The SMILES string of the molecule is Cc1ccccc1C(O)CNC(=O)Nc1ccc(C(F)(F)F)nc1. The number of alkyl halides is 3. The summed E-state index contributed by atoms with van der Waals surface area (Å²) in [6.07, 6.45) is -4.50. The Hall–Kier alpha value is -2.61. The van der Waals surface area contributed by atoms with Gasteiger partial charge >= 0.3 is 12.2 Å². The molecule has 128 valence electrons. The smallest absolute Gasteiger partial charge is 0.387 e. The van der Waals surface area contributed by atoms with Gasteiger partial charge in [-0.15, -0.1) is 0 Å². The van der Waals surface area contributed by atoms with Crippen LogP contribution in [0, 0.1) is 6.92 Å². The van der Waals surface area contributed by atoms with Crippen molar-refractivity contribution in [3.8, 4) is 0 Å². The molecule has 0 fully saturated rings. The number of aryl methyl sites for hydroxylation is 1. The van der Waals surface area contributed by atoms with Crippen LogP contribution in [0.15, 0.2) is 42.6 Å². The van der Waals surface area contributed by atoms with Crippen LogP contribution in [-0.4, -0.2) is 22.7 Å². The summed E-state index contributed by atoms with van der Waals surface area (Å²) in [5, 5.41) is 14.9. The zero-order valence-electron chi connectivity index (χ0n) is 12.8. The molecule has 1 aromatic carbocycles. The number of aliphatic hydroxyl groups is 1. The summed E-state index contributed by atoms with van der Waals surface area (Å²) in [4.78, 5) is 15.0. The maximum absolute atomic E-state index is 12.4. The topological polar surface area (TPSA) is 74.2 Å². The van der Waals surface area contributed by atoms with Gasteiger partial charge in [0.2, 0.25) is 0 Å². The van der Waals surface area contributed by atoms with Gasteiger partial charge in [0.15, 0.2) is 0 Å². The Bertz CT molecular complexity index is 702. The number of carbonyl (C=O) groups is 1. The second kappa shape index (κ2) is 7.31. The van der Waals surface area contributed by atoms with Crippen LogP contribution in [0.5, 0.6) is 0 Å². The number of aromatic nitrogens is 1. The second-order valence-electron chi connectivity index (χ2n) is 5.14.